The lowest BCUT2D eigenvalue weighted by Gasteiger charge is -2.18. The molecule has 0 aliphatic heterocycles. The molecule has 0 fully saturated rings. The zero-order valence-corrected chi connectivity index (χ0v) is 34.9. The van der Waals surface area contributed by atoms with E-state index in [-0.39, 0.29) is 16.7 Å². The molecule has 73 heavy (non-hydrogen) atoms. The summed E-state index contributed by atoms with van der Waals surface area (Å²) in [5.74, 6) is -37.3. The fourth-order valence-corrected chi connectivity index (χ4v) is 9.19. The van der Waals surface area contributed by atoms with E-state index in [2.05, 4.69) is 19.9 Å². The summed E-state index contributed by atoms with van der Waals surface area (Å²) in [4.78, 5) is 10.2. The van der Waals surface area contributed by atoms with Crippen molar-refractivity contribution in [1.82, 2.24) is 19.9 Å². The van der Waals surface area contributed by atoms with E-state index >= 15 is 65.9 Å². The van der Waals surface area contributed by atoms with Crippen molar-refractivity contribution in [2.45, 2.75) is 0 Å². The number of hydrogen-bond acceptors (Lipinski definition) is 8. The molecule has 354 valence electrons. The minimum atomic E-state index is -2.62. The molecule has 0 bridgehead atoms. The average Bonchev–Trinajstić information content (AvgIpc) is 3.88. The Bertz CT molecular complexity index is 4280. The Labute approximate surface area is 393 Å². The average molecular weight is 1010 g/mol. The zero-order chi connectivity index (χ0) is 52.4. The van der Waals surface area contributed by atoms with Crippen LogP contribution in [0.2, 0.25) is 0 Å². The second-order valence-corrected chi connectivity index (χ2v) is 15.5. The summed E-state index contributed by atoms with van der Waals surface area (Å²) in [6, 6.07) is 15.8. The molecule has 0 saturated heterocycles. The largest absolute Gasteiger partial charge is 0.252 e. The van der Waals surface area contributed by atoms with Crippen molar-refractivity contribution in [3.05, 3.63) is 181 Å². The van der Waals surface area contributed by atoms with Crippen LogP contribution in [0, 0.1) is 134 Å². The van der Waals surface area contributed by atoms with E-state index in [1.807, 2.05) is 0 Å². The molecular formula is C50H9F15N8. The first-order valence-electron chi connectivity index (χ1n) is 20.0. The van der Waals surface area contributed by atoms with Crippen molar-refractivity contribution in [2.24, 2.45) is 0 Å². The monoisotopic (exact) mass is 1010 g/mol. The number of aromatic nitrogens is 4. The molecule has 4 heterocycles. The zero-order valence-electron chi connectivity index (χ0n) is 34.9. The van der Waals surface area contributed by atoms with Gasteiger partial charge in [0.25, 0.3) is 41.6 Å². The minimum absolute atomic E-state index is 0.0915. The Balaban J connectivity index is 1.68. The Morgan fingerprint density at radius 3 is 1.18 bits per heavy atom. The molecule has 0 aliphatic carbocycles. The van der Waals surface area contributed by atoms with Crippen molar-refractivity contribution in [1.29, 1.82) is 21.0 Å². The fourth-order valence-electron chi connectivity index (χ4n) is 9.19. The highest BCUT2D eigenvalue weighted by Gasteiger charge is 2.38. The van der Waals surface area contributed by atoms with Crippen molar-refractivity contribution in [2.75, 3.05) is 0 Å². The molecular weight excluding hydrogens is 998 g/mol. The van der Waals surface area contributed by atoms with E-state index in [1.54, 1.807) is 24.3 Å². The normalized spacial score (nSPS) is 11.4. The molecule has 10 aromatic rings. The number of rotatable bonds is 5. The van der Waals surface area contributed by atoms with Crippen molar-refractivity contribution >= 4 is 48.7 Å². The number of halogens is 15. The highest BCUT2D eigenvalue weighted by atomic mass is 19.2. The van der Waals surface area contributed by atoms with Crippen molar-refractivity contribution in [3.8, 4) is 57.7 Å². The van der Waals surface area contributed by atoms with Gasteiger partial charge in [-0.1, -0.05) is 24.3 Å². The van der Waals surface area contributed by atoms with Crippen LogP contribution in [-0.2, 0) is 0 Å². The van der Waals surface area contributed by atoms with Crippen molar-refractivity contribution < 1.29 is 65.9 Å². The molecule has 0 unspecified atom stereocenters. The molecule has 10 rings (SSSR count). The van der Waals surface area contributed by atoms with Gasteiger partial charge in [-0.15, -0.1) is 0 Å². The first kappa shape index (κ1) is 46.8. The number of nitrogens with zero attached hydrogens (tertiary/aromatic N) is 8. The smallest absolute Gasteiger partial charge is 0.201 e. The molecule has 6 aromatic carbocycles. The Hall–Kier alpha value is -9.87. The summed E-state index contributed by atoms with van der Waals surface area (Å²) in [5.41, 5.74) is -14.2. The molecule has 4 aromatic heterocycles. The SMILES string of the molecule is N#Cc1ccc(-c2c(C#N)c3c(cc4c(C#N)c(-c5ccc(C#N)cc5)c5c(-c6c(F)c(F)nc(F)c6F)c6c(F)c(F)nc(F)c6c3c45)c2=C(c2c(F)c(F)nc(F)c2F)c2c(F)c(F)nc(F)c2F)cc1. The van der Waals surface area contributed by atoms with Gasteiger partial charge in [0.05, 0.1) is 51.1 Å². The topological polar surface area (TPSA) is 147 Å². The number of nitriles is 4. The quantitative estimate of drug-likeness (QED) is 0.0940. The Morgan fingerprint density at radius 2 is 0.740 bits per heavy atom. The number of hydrogen-bond donors (Lipinski definition) is 0. The molecule has 8 nitrogen and oxygen atoms in total. The first-order chi connectivity index (χ1) is 34.8. The lowest BCUT2D eigenvalue weighted by Crippen LogP contribution is -2.19. The Kier molecular flexibility index (Phi) is 10.7. The van der Waals surface area contributed by atoms with Crippen LogP contribution in [0.5, 0.6) is 0 Å². The third-order valence-corrected chi connectivity index (χ3v) is 12.0. The fraction of sp³-hybridized carbons (Fsp3) is 0. The minimum Gasteiger partial charge on any atom is -0.201 e. The van der Waals surface area contributed by atoms with Crippen LogP contribution in [-0.4, -0.2) is 19.9 Å². The molecule has 0 amide bonds. The van der Waals surface area contributed by atoms with Crippen LogP contribution in [0.15, 0.2) is 54.6 Å². The van der Waals surface area contributed by atoms with Crippen molar-refractivity contribution in [3.63, 3.8) is 0 Å². The highest BCUT2D eigenvalue weighted by Crippen LogP contribution is 2.55. The lowest BCUT2D eigenvalue weighted by molar-refractivity contribution is 0.398. The molecule has 0 aliphatic rings. The summed E-state index contributed by atoms with van der Waals surface area (Å²) < 4.78 is 239. The van der Waals surface area contributed by atoms with E-state index in [9.17, 15) is 21.0 Å². The van der Waals surface area contributed by atoms with Gasteiger partial charge in [0.1, 0.15) is 12.1 Å². The van der Waals surface area contributed by atoms with Gasteiger partial charge in [-0.25, -0.2) is 30.7 Å². The third-order valence-electron chi connectivity index (χ3n) is 12.0. The summed E-state index contributed by atoms with van der Waals surface area (Å²) in [7, 11) is 0. The molecule has 0 saturated carbocycles. The van der Waals surface area contributed by atoms with Crippen LogP contribution >= 0.6 is 0 Å². The first-order valence-corrected chi connectivity index (χ1v) is 20.0. The van der Waals surface area contributed by atoms with Gasteiger partial charge in [-0.3, -0.25) is 0 Å². The maximum atomic E-state index is 17.1. The van der Waals surface area contributed by atoms with Gasteiger partial charge in [-0.05, 0) is 46.8 Å². The van der Waals surface area contributed by atoms with Crippen LogP contribution in [0.3, 0.4) is 0 Å². The van der Waals surface area contributed by atoms with E-state index in [4.69, 9.17) is 0 Å². The summed E-state index contributed by atoms with van der Waals surface area (Å²) >= 11 is 0. The number of benzene rings is 4. The maximum absolute atomic E-state index is 17.1. The second kappa shape index (κ2) is 16.6. The van der Waals surface area contributed by atoms with Gasteiger partial charge in [0.15, 0.2) is 40.7 Å². The van der Waals surface area contributed by atoms with Crippen LogP contribution in [0.1, 0.15) is 33.4 Å². The highest BCUT2D eigenvalue weighted by molar-refractivity contribution is 6.40. The van der Waals surface area contributed by atoms with Gasteiger partial charge >= 0.3 is 0 Å². The molecule has 0 radical (unpaired) electrons. The Morgan fingerprint density at radius 1 is 0.329 bits per heavy atom. The molecule has 23 heteroatoms. The van der Waals surface area contributed by atoms with Gasteiger partial charge in [-0.2, -0.15) is 76.1 Å². The van der Waals surface area contributed by atoms with Crippen LogP contribution in [0.25, 0.3) is 82.0 Å². The van der Waals surface area contributed by atoms with E-state index in [0.29, 0.717) is 6.07 Å². The third kappa shape index (κ3) is 6.48. The van der Waals surface area contributed by atoms with E-state index in [0.717, 1.165) is 48.5 Å². The van der Waals surface area contributed by atoms with Crippen LogP contribution in [0.4, 0.5) is 65.9 Å². The van der Waals surface area contributed by atoms with Gasteiger partial charge < -0.3 is 0 Å². The number of pyridine rings is 4. The summed E-state index contributed by atoms with van der Waals surface area (Å²) in [6.45, 7) is 0. The summed E-state index contributed by atoms with van der Waals surface area (Å²) in [6.07, 6.45) is 0. The standard InChI is InChI=1S/C50H9F15N8/c51-36-31-30(35-41(56)49(64)73-50(65)42(35)57)27-22(16-5-1-14(10-66)2-6-16)20(12-68)18-9-19-24(28(25(18)27)32(31)43(58)70-44(36)59)21(13-69)23(17-7-3-15(11-67)4-8-17)26(19)29(33-37(52)45(60)71-46(61)38(33)53)34-39(54)47(62)72-48(63)40(34)55/h1-9H. The van der Waals surface area contributed by atoms with Gasteiger partial charge in [0.2, 0.25) is 5.95 Å². The predicted octanol–water partition coefficient (Wildman–Crippen LogP) is 11.9. The van der Waals surface area contributed by atoms with E-state index < -0.39 is 192 Å². The van der Waals surface area contributed by atoms with Crippen LogP contribution < -0.4 is 5.22 Å². The predicted molar refractivity (Wildman–Crippen MR) is 223 cm³/mol. The second-order valence-electron chi connectivity index (χ2n) is 15.5. The number of fused-ring (bicyclic) bond motifs is 4. The van der Waals surface area contributed by atoms with Gasteiger partial charge in [0, 0.05) is 65.2 Å². The molecule has 0 N–H and O–H groups in total. The lowest BCUT2D eigenvalue weighted by atomic mass is 9.86. The van der Waals surface area contributed by atoms with E-state index in [1.165, 1.54) is 0 Å². The molecule has 0 spiro atoms. The maximum Gasteiger partial charge on any atom is 0.252 e. The summed E-state index contributed by atoms with van der Waals surface area (Å²) in [5, 5.41) is 31.6. The molecule has 0 atom stereocenters.